The average Bonchev–Trinajstić information content (AvgIpc) is 2.96. The van der Waals surface area contributed by atoms with E-state index in [1.165, 1.54) is 32.0 Å². The van der Waals surface area contributed by atoms with E-state index in [1.807, 2.05) is 31.2 Å². The number of hydrogen-bond acceptors (Lipinski definition) is 2. The number of carbonyl (C=O) groups is 2. The molecule has 0 saturated heterocycles. The first kappa shape index (κ1) is 19.9. The zero-order chi connectivity index (χ0) is 20.7. The molecule has 1 N–H and O–H groups in total. The lowest BCUT2D eigenvalue weighted by Gasteiger charge is -2.31. The van der Waals surface area contributed by atoms with Crippen LogP contribution in [0, 0.1) is 5.41 Å². The zero-order valence-electron chi connectivity index (χ0n) is 15.8. The van der Waals surface area contributed by atoms with Crippen LogP contribution in [0.2, 0.25) is 0 Å². The second-order valence-electron chi connectivity index (χ2n) is 7.48. The summed E-state index contributed by atoms with van der Waals surface area (Å²) >= 11 is 0. The van der Waals surface area contributed by atoms with Gasteiger partial charge in [-0.2, -0.15) is 13.2 Å². The van der Waals surface area contributed by atoms with Crippen LogP contribution in [0.5, 0.6) is 0 Å². The highest BCUT2D eigenvalue weighted by Gasteiger charge is 2.44. The molecule has 0 radical (unpaired) electrons. The van der Waals surface area contributed by atoms with E-state index in [2.05, 4.69) is 5.32 Å². The van der Waals surface area contributed by atoms with Crippen LogP contribution < -0.4 is 10.2 Å². The van der Waals surface area contributed by atoms with Gasteiger partial charge >= 0.3 is 6.18 Å². The number of para-hydroxylation sites is 2. The first-order chi connectivity index (χ1) is 13.0. The van der Waals surface area contributed by atoms with Crippen molar-refractivity contribution < 1.29 is 22.8 Å². The van der Waals surface area contributed by atoms with E-state index in [0.29, 0.717) is 6.42 Å². The van der Waals surface area contributed by atoms with Crippen LogP contribution in [0.25, 0.3) is 0 Å². The van der Waals surface area contributed by atoms with Gasteiger partial charge in [0.25, 0.3) is 0 Å². The van der Waals surface area contributed by atoms with Crippen molar-refractivity contribution in [1.82, 2.24) is 0 Å². The number of benzene rings is 2. The monoisotopic (exact) mass is 390 g/mol. The number of nitrogens with one attached hydrogen (secondary N) is 1. The van der Waals surface area contributed by atoms with Gasteiger partial charge < -0.3 is 10.2 Å². The van der Waals surface area contributed by atoms with Gasteiger partial charge in [-0.05, 0) is 51.0 Å². The Kier molecular flexibility index (Phi) is 4.95. The Labute approximate surface area is 161 Å². The maximum Gasteiger partial charge on any atom is 0.418 e. The maximum atomic E-state index is 13.2. The molecule has 148 valence electrons. The van der Waals surface area contributed by atoms with Gasteiger partial charge in [-0.1, -0.05) is 30.3 Å². The van der Waals surface area contributed by atoms with E-state index in [9.17, 15) is 22.8 Å². The molecule has 0 bridgehead atoms. The molecule has 0 fully saturated rings. The molecule has 2 aromatic rings. The van der Waals surface area contributed by atoms with Crippen LogP contribution in [0.4, 0.5) is 24.5 Å². The summed E-state index contributed by atoms with van der Waals surface area (Å²) in [4.78, 5) is 27.6. The van der Waals surface area contributed by atoms with Crippen LogP contribution in [-0.4, -0.2) is 17.9 Å². The number of amides is 2. The summed E-state index contributed by atoms with van der Waals surface area (Å²) in [5.41, 5.74) is -1.13. The van der Waals surface area contributed by atoms with E-state index < -0.39 is 29.0 Å². The van der Waals surface area contributed by atoms with Gasteiger partial charge in [0.2, 0.25) is 11.8 Å². The van der Waals surface area contributed by atoms with Crippen molar-refractivity contribution in [1.29, 1.82) is 0 Å². The fourth-order valence-corrected chi connectivity index (χ4v) is 3.39. The summed E-state index contributed by atoms with van der Waals surface area (Å²) in [6.45, 7) is 4.73. The number of nitrogens with zero attached hydrogens (tertiary/aromatic N) is 1. The average molecular weight is 390 g/mol. The number of hydrogen-bond donors (Lipinski definition) is 1. The van der Waals surface area contributed by atoms with Crippen molar-refractivity contribution in [2.24, 2.45) is 5.41 Å². The lowest BCUT2D eigenvalue weighted by Crippen LogP contribution is -2.49. The summed E-state index contributed by atoms with van der Waals surface area (Å²) in [5.74, 6) is -1.24. The molecule has 2 aromatic carbocycles. The fraction of sp³-hybridized carbons (Fsp3) is 0.333. The third-order valence-corrected chi connectivity index (χ3v) is 5.01. The molecular weight excluding hydrogens is 369 g/mol. The van der Waals surface area contributed by atoms with Crippen molar-refractivity contribution >= 4 is 23.2 Å². The molecule has 1 aliphatic heterocycles. The van der Waals surface area contributed by atoms with Crippen molar-refractivity contribution in [3.63, 3.8) is 0 Å². The molecule has 0 aromatic heterocycles. The first-order valence-electron chi connectivity index (χ1n) is 8.92. The van der Waals surface area contributed by atoms with Gasteiger partial charge in [0, 0.05) is 11.7 Å². The number of carbonyl (C=O) groups excluding carboxylic acids is 2. The van der Waals surface area contributed by atoms with Gasteiger partial charge in [0.05, 0.1) is 11.3 Å². The minimum absolute atomic E-state index is 0.139. The highest BCUT2D eigenvalue weighted by Crippen LogP contribution is 2.37. The SMILES string of the molecule is CC1Cc2ccccc2N1C(=O)C(C)(C)C(=O)Nc1ccccc1C(F)(F)F. The van der Waals surface area contributed by atoms with Crippen molar-refractivity contribution in [3.05, 3.63) is 59.7 Å². The van der Waals surface area contributed by atoms with Crippen LogP contribution >= 0.6 is 0 Å². The minimum atomic E-state index is -4.61. The van der Waals surface area contributed by atoms with E-state index in [1.54, 1.807) is 4.90 Å². The molecule has 1 unspecified atom stereocenters. The molecule has 1 aliphatic rings. The second kappa shape index (κ2) is 6.96. The molecular formula is C21H21F3N2O2. The molecule has 2 amide bonds. The molecule has 0 aliphatic carbocycles. The van der Waals surface area contributed by atoms with Crippen molar-refractivity contribution in [2.45, 2.75) is 39.4 Å². The van der Waals surface area contributed by atoms with E-state index in [0.717, 1.165) is 17.3 Å². The third-order valence-electron chi connectivity index (χ3n) is 5.01. The van der Waals surface area contributed by atoms with Crippen molar-refractivity contribution in [3.8, 4) is 0 Å². The highest BCUT2D eigenvalue weighted by molar-refractivity contribution is 6.15. The van der Waals surface area contributed by atoms with Gasteiger partial charge in [-0.25, -0.2) is 0 Å². The smallest absolute Gasteiger partial charge is 0.325 e. The first-order valence-corrected chi connectivity index (χ1v) is 8.92. The molecule has 28 heavy (non-hydrogen) atoms. The molecule has 7 heteroatoms. The number of anilines is 2. The Bertz CT molecular complexity index is 922. The van der Waals surface area contributed by atoms with Crippen LogP contribution in [-0.2, 0) is 22.2 Å². The number of halogens is 3. The number of rotatable bonds is 3. The number of alkyl halides is 3. The standard InChI is InChI=1S/C21H21F3N2O2/c1-13-12-14-8-4-7-11-17(14)26(13)19(28)20(2,3)18(27)25-16-10-6-5-9-15(16)21(22,23)24/h4-11,13H,12H2,1-3H3,(H,25,27). The predicted octanol–water partition coefficient (Wildman–Crippen LogP) is 4.65. The lowest BCUT2D eigenvalue weighted by molar-refractivity contribution is -0.137. The predicted molar refractivity (Wildman–Crippen MR) is 101 cm³/mol. The lowest BCUT2D eigenvalue weighted by atomic mass is 9.89. The molecule has 0 spiro atoms. The molecule has 1 heterocycles. The van der Waals surface area contributed by atoms with Crippen LogP contribution in [0.1, 0.15) is 31.9 Å². The quantitative estimate of drug-likeness (QED) is 0.776. The van der Waals surface area contributed by atoms with E-state index >= 15 is 0 Å². The summed E-state index contributed by atoms with van der Waals surface area (Å²) in [7, 11) is 0. The summed E-state index contributed by atoms with van der Waals surface area (Å²) in [6.07, 6.45) is -3.95. The van der Waals surface area contributed by atoms with Gasteiger partial charge in [-0.3, -0.25) is 9.59 Å². The Hall–Kier alpha value is -2.83. The second-order valence-corrected chi connectivity index (χ2v) is 7.48. The third kappa shape index (κ3) is 3.48. The fourth-order valence-electron chi connectivity index (χ4n) is 3.39. The molecule has 0 saturated carbocycles. The Morgan fingerprint density at radius 1 is 1.04 bits per heavy atom. The largest absolute Gasteiger partial charge is 0.418 e. The zero-order valence-corrected chi connectivity index (χ0v) is 15.8. The van der Waals surface area contributed by atoms with Gasteiger partial charge in [0.15, 0.2) is 0 Å². The van der Waals surface area contributed by atoms with Crippen LogP contribution in [0.15, 0.2) is 48.5 Å². The summed E-state index contributed by atoms with van der Waals surface area (Å²) in [5, 5.41) is 2.29. The molecule has 4 nitrogen and oxygen atoms in total. The minimum Gasteiger partial charge on any atom is -0.325 e. The summed E-state index contributed by atoms with van der Waals surface area (Å²) < 4.78 is 39.6. The topological polar surface area (TPSA) is 49.4 Å². The Balaban J connectivity index is 1.87. The van der Waals surface area contributed by atoms with E-state index in [-0.39, 0.29) is 11.7 Å². The maximum absolute atomic E-state index is 13.2. The van der Waals surface area contributed by atoms with Gasteiger partial charge in [-0.15, -0.1) is 0 Å². The summed E-state index contributed by atoms with van der Waals surface area (Å²) in [6, 6.07) is 12.0. The molecule has 3 rings (SSSR count). The highest BCUT2D eigenvalue weighted by atomic mass is 19.4. The van der Waals surface area contributed by atoms with Gasteiger partial charge in [0.1, 0.15) is 5.41 Å². The normalized spacial score (nSPS) is 16.6. The van der Waals surface area contributed by atoms with E-state index in [4.69, 9.17) is 0 Å². The molecule has 1 atom stereocenters. The van der Waals surface area contributed by atoms with Crippen molar-refractivity contribution in [2.75, 3.05) is 10.2 Å². The van der Waals surface area contributed by atoms with Crippen LogP contribution in [0.3, 0.4) is 0 Å². The Morgan fingerprint density at radius 2 is 1.64 bits per heavy atom. The number of fused-ring (bicyclic) bond motifs is 1. The Morgan fingerprint density at radius 3 is 2.32 bits per heavy atom.